The Morgan fingerprint density at radius 3 is 2.35 bits per heavy atom. The molecule has 172 valence electrons. The van der Waals surface area contributed by atoms with Crippen LogP contribution in [0.15, 0.2) is 24.4 Å². The average molecular weight is 449 g/mol. The van der Waals surface area contributed by atoms with Crippen molar-refractivity contribution >= 4 is 11.9 Å². The number of nitrogens with zero attached hydrogens (tertiary/aromatic N) is 3. The van der Waals surface area contributed by atoms with Crippen molar-refractivity contribution < 1.29 is 36.6 Å². The fourth-order valence-electron chi connectivity index (χ4n) is 4.12. The number of likely N-dealkylation sites (tertiary alicyclic amines) is 2. The summed E-state index contributed by atoms with van der Waals surface area (Å²) in [6, 6.07) is 5.69. The molecular weight excluding hydrogens is 425 g/mol. The van der Waals surface area contributed by atoms with E-state index < -0.39 is 23.5 Å². The summed E-state index contributed by atoms with van der Waals surface area (Å²) in [4.78, 5) is 29.3. The number of piperidine rings is 1. The molecule has 0 aromatic carbocycles. The van der Waals surface area contributed by atoms with Gasteiger partial charge in [0.1, 0.15) is 0 Å². The fraction of sp³-hybridized carbons (Fsp3) is 0.650. The highest BCUT2D eigenvalue weighted by atomic mass is 19.4. The predicted molar refractivity (Wildman–Crippen MR) is 99.1 cm³/mol. The number of carbonyl (C=O) groups excluding carboxylic acids is 1. The van der Waals surface area contributed by atoms with E-state index in [1.165, 1.54) is 0 Å². The van der Waals surface area contributed by atoms with E-state index in [1.807, 2.05) is 18.2 Å². The molecule has 1 saturated carbocycles. The SMILES string of the molecule is O=C(C1CC1)N1CCC(F)(F)C2(CCN(Cc3ccccn3)C2)C1.O=C(O)C(F)(F)F. The smallest absolute Gasteiger partial charge is 0.475 e. The van der Waals surface area contributed by atoms with Gasteiger partial charge in [0.15, 0.2) is 0 Å². The van der Waals surface area contributed by atoms with Crippen molar-refractivity contribution in [3.63, 3.8) is 0 Å². The number of carboxylic acid groups (broad SMARTS) is 1. The molecule has 2 aliphatic heterocycles. The number of halogens is 5. The van der Waals surface area contributed by atoms with Crippen molar-refractivity contribution in [2.75, 3.05) is 26.2 Å². The van der Waals surface area contributed by atoms with E-state index in [1.54, 1.807) is 11.1 Å². The highest BCUT2D eigenvalue weighted by Crippen LogP contribution is 2.50. The first-order valence-electron chi connectivity index (χ1n) is 10.0. The molecule has 3 fully saturated rings. The maximum atomic E-state index is 14.8. The van der Waals surface area contributed by atoms with Gasteiger partial charge < -0.3 is 10.0 Å². The number of pyridine rings is 1. The summed E-state index contributed by atoms with van der Waals surface area (Å²) in [6.07, 6.45) is -1.27. The van der Waals surface area contributed by atoms with E-state index in [-0.39, 0.29) is 31.3 Å². The molecule has 3 aliphatic rings. The number of hydrogen-bond donors (Lipinski definition) is 1. The van der Waals surface area contributed by atoms with Crippen LogP contribution in [-0.4, -0.2) is 70.0 Å². The third-order valence-electron chi connectivity index (χ3n) is 5.99. The lowest BCUT2D eigenvalue weighted by atomic mass is 9.75. The fourth-order valence-corrected chi connectivity index (χ4v) is 4.12. The molecule has 1 amide bonds. The van der Waals surface area contributed by atoms with Crippen LogP contribution in [0.2, 0.25) is 0 Å². The molecule has 6 nitrogen and oxygen atoms in total. The lowest BCUT2D eigenvalue weighted by Gasteiger charge is -2.46. The van der Waals surface area contributed by atoms with Gasteiger partial charge in [-0.3, -0.25) is 14.7 Å². The molecule has 1 aliphatic carbocycles. The van der Waals surface area contributed by atoms with Crippen molar-refractivity contribution in [2.45, 2.75) is 44.3 Å². The first-order valence-corrected chi connectivity index (χ1v) is 10.0. The van der Waals surface area contributed by atoms with Gasteiger partial charge in [-0.25, -0.2) is 13.6 Å². The van der Waals surface area contributed by atoms with Crippen LogP contribution in [0.1, 0.15) is 31.4 Å². The van der Waals surface area contributed by atoms with E-state index in [0.29, 0.717) is 26.1 Å². The lowest BCUT2D eigenvalue weighted by Crippen LogP contribution is -2.58. The molecule has 1 aromatic rings. The Balaban J connectivity index is 0.000000339. The Bertz CT molecular complexity index is 801. The molecule has 1 N–H and O–H groups in total. The van der Waals surface area contributed by atoms with Gasteiger partial charge in [0, 0.05) is 44.7 Å². The van der Waals surface area contributed by atoms with Gasteiger partial charge in [0.05, 0.1) is 11.1 Å². The molecule has 4 rings (SSSR count). The van der Waals surface area contributed by atoms with Gasteiger partial charge in [-0.1, -0.05) is 6.07 Å². The van der Waals surface area contributed by atoms with Crippen molar-refractivity contribution in [3.05, 3.63) is 30.1 Å². The van der Waals surface area contributed by atoms with Crippen molar-refractivity contribution in [1.29, 1.82) is 0 Å². The molecule has 31 heavy (non-hydrogen) atoms. The number of amides is 1. The predicted octanol–water partition coefficient (Wildman–Crippen LogP) is 3.18. The van der Waals surface area contributed by atoms with E-state index in [2.05, 4.69) is 9.88 Å². The van der Waals surface area contributed by atoms with Crippen LogP contribution in [-0.2, 0) is 16.1 Å². The van der Waals surface area contributed by atoms with Crippen LogP contribution < -0.4 is 0 Å². The van der Waals surface area contributed by atoms with E-state index in [0.717, 1.165) is 18.5 Å². The largest absolute Gasteiger partial charge is 0.490 e. The highest BCUT2D eigenvalue weighted by Gasteiger charge is 2.60. The number of aliphatic carboxylic acids is 1. The number of hydrogen-bond acceptors (Lipinski definition) is 4. The van der Waals surface area contributed by atoms with Crippen LogP contribution in [0, 0.1) is 11.3 Å². The first-order chi connectivity index (χ1) is 14.4. The molecular formula is C20H24F5N3O3. The van der Waals surface area contributed by atoms with Crippen LogP contribution in [0.5, 0.6) is 0 Å². The first kappa shape index (κ1) is 23.4. The zero-order chi connectivity index (χ0) is 22.9. The van der Waals surface area contributed by atoms with Crippen LogP contribution in [0.3, 0.4) is 0 Å². The quantitative estimate of drug-likeness (QED) is 0.718. The third-order valence-corrected chi connectivity index (χ3v) is 5.99. The van der Waals surface area contributed by atoms with Crippen LogP contribution in [0.25, 0.3) is 0 Å². The summed E-state index contributed by atoms with van der Waals surface area (Å²) in [5.74, 6) is -5.27. The minimum absolute atomic E-state index is 0.0908. The summed E-state index contributed by atoms with van der Waals surface area (Å²) in [5.41, 5.74) is -0.190. The Hall–Kier alpha value is -2.30. The second kappa shape index (κ2) is 8.68. The van der Waals surface area contributed by atoms with Gasteiger partial charge in [-0.15, -0.1) is 0 Å². The minimum atomic E-state index is -5.08. The summed E-state index contributed by atoms with van der Waals surface area (Å²) in [6.45, 7) is 1.97. The number of carboxylic acids is 1. The second-order valence-corrected chi connectivity index (χ2v) is 8.35. The number of alkyl halides is 5. The van der Waals surface area contributed by atoms with Gasteiger partial charge in [0.2, 0.25) is 5.91 Å². The summed E-state index contributed by atoms with van der Waals surface area (Å²) >= 11 is 0. The van der Waals surface area contributed by atoms with Crippen molar-refractivity contribution in [2.24, 2.45) is 11.3 Å². The molecule has 2 saturated heterocycles. The average Bonchev–Trinajstić information content (AvgIpc) is 3.46. The standard InChI is InChI=1S/C18H23F2N3O.C2HF3O2/c19-18(20)7-10-23(16(24)14-4-5-14)13-17(18)6-9-22(12-17)11-15-3-1-2-8-21-15;3-2(4,5)1(6)7/h1-3,8,14H,4-7,9-13H2;(H,6,7). The normalized spacial score (nSPS) is 25.8. The van der Waals surface area contributed by atoms with E-state index in [4.69, 9.17) is 9.90 Å². The summed E-state index contributed by atoms with van der Waals surface area (Å²) in [7, 11) is 0. The Kier molecular flexibility index (Phi) is 6.54. The van der Waals surface area contributed by atoms with Crippen molar-refractivity contribution in [1.82, 2.24) is 14.8 Å². The van der Waals surface area contributed by atoms with Crippen molar-refractivity contribution in [3.8, 4) is 0 Å². The molecule has 11 heteroatoms. The van der Waals surface area contributed by atoms with Crippen LogP contribution >= 0.6 is 0 Å². The highest BCUT2D eigenvalue weighted by molar-refractivity contribution is 5.81. The summed E-state index contributed by atoms with van der Waals surface area (Å²) in [5, 5.41) is 7.12. The Morgan fingerprint density at radius 2 is 1.81 bits per heavy atom. The molecule has 1 aromatic heterocycles. The Morgan fingerprint density at radius 1 is 1.13 bits per heavy atom. The molecule has 0 bridgehead atoms. The maximum absolute atomic E-state index is 14.8. The molecule has 3 heterocycles. The zero-order valence-electron chi connectivity index (χ0n) is 16.7. The minimum Gasteiger partial charge on any atom is -0.475 e. The van der Waals surface area contributed by atoms with E-state index >= 15 is 0 Å². The zero-order valence-corrected chi connectivity index (χ0v) is 16.7. The van der Waals surface area contributed by atoms with Gasteiger partial charge >= 0.3 is 12.1 Å². The second-order valence-electron chi connectivity index (χ2n) is 8.35. The molecule has 1 spiro atoms. The molecule has 1 atom stereocenters. The van der Waals surface area contributed by atoms with Gasteiger partial charge in [0.25, 0.3) is 5.92 Å². The summed E-state index contributed by atoms with van der Waals surface area (Å²) < 4.78 is 61.2. The number of carbonyl (C=O) groups is 2. The monoisotopic (exact) mass is 449 g/mol. The van der Waals surface area contributed by atoms with E-state index in [9.17, 15) is 26.7 Å². The molecule has 0 radical (unpaired) electrons. The topological polar surface area (TPSA) is 73.7 Å². The van der Waals surface area contributed by atoms with Gasteiger partial charge in [-0.05, 0) is 37.9 Å². The van der Waals surface area contributed by atoms with Crippen LogP contribution in [0.4, 0.5) is 22.0 Å². The lowest BCUT2D eigenvalue weighted by molar-refractivity contribution is -0.192. The maximum Gasteiger partial charge on any atom is 0.490 e. The number of aromatic nitrogens is 1. The third kappa shape index (κ3) is 5.50. The molecule has 1 unspecified atom stereocenters. The Labute approximate surface area is 176 Å². The van der Waals surface area contributed by atoms with Gasteiger partial charge in [-0.2, -0.15) is 13.2 Å². The number of rotatable bonds is 3.